The lowest BCUT2D eigenvalue weighted by Crippen LogP contribution is -2.49. The maximum absolute atomic E-state index is 13.4. The van der Waals surface area contributed by atoms with Gasteiger partial charge < -0.3 is 10.2 Å². The molecule has 182 valence electrons. The molecule has 0 radical (unpaired) electrons. The molecule has 13 heteroatoms. The molecule has 12 nitrogen and oxygen atoms in total. The number of sulfone groups is 1. The van der Waals surface area contributed by atoms with Crippen LogP contribution in [-0.4, -0.2) is 86.9 Å². The monoisotopic (exact) mass is 489 g/mol. The van der Waals surface area contributed by atoms with Crippen LogP contribution in [-0.2, 0) is 25.0 Å². The number of urea groups is 1. The van der Waals surface area contributed by atoms with Crippen molar-refractivity contribution in [2.24, 2.45) is 5.92 Å². The van der Waals surface area contributed by atoms with E-state index in [1.165, 1.54) is 15.9 Å². The van der Waals surface area contributed by atoms with Gasteiger partial charge in [0.1, 0.15) is 18.4 Å². The number of benzene rings is 1. The highest BCUT2D eigenvalue weighted by Gasteiger charge is 2.50. The summed E-state index contributed by atoms with van der Waals surface area (Å²) >= 11 is 0. The van der Waals surface area contributed by atoms with Gasteiger partial charge in [-0.2, -0.15) is 0 Å². The van der Waals surface area contributed by atoms with Gasteiger partial charge in [-0.3, -0.25) is 14.5 Å². The molecule has 1 aromatic carbocycles. The highest BCUT2D eigenvalue weighted by atomic mass is 32.2. The molecule has 0 bridgehead atoms. The predicted molar refractivity (Wildman–Crippen MR) is 120 cm³/mol. The lowest BCUT2D eigenvalue weighted by atomic mass is 9.91. The van der Waals surface area contributed by atoms with Gasteiger partial charge in [0.25, 0.3) is 5.91 Å². The Morgan fingerprint density at radius 2 is 2.09 bits per heavy atom. The zero-order valence-electron chi connectivity index (χ0n) is 19.2. The number of nitrogens with zero attached hydrogens (tertiary/aromatic N) is 6. The number of hydrogen-bond donors (Lipinski definition) is 1. The molecule has 4 rings (SSSR count). The van der Waals surface area contributed by atoms with Crippen molar-refractivity contribution in [3.05, 3.63) is 36.2 Å². The Hall–Kier alpha value is -3.35. The zero-order valence-corrected chi connectivity index (χ0v) is 20.0. The van der Waals surface area contributed by atoms with Crippen LogP contribution in [0.2, 0.25) is 0 Å². The molecule has 0 unspecified atom stereocenters. The van der Waals surface area contributed by atoms with Gasteiger partial charge in [-0.1, -0.05) is 26.0 Å². The first-order valence-electron chi connectivity index (χ1n) is 11.0. The number of nitrogens with one attached hydrogen (secondary N) is 1. The van der Waals surface area contributed by atoms with Gasteiger partial charge in [0.2, 0.25) is 5.91 Å². The largest absolute Gasteiger partial charge is 0.337 e. The molecule has 2 aliphatic rings. The maximum Gasteiger partial charge on any atom is 0.325 e. The molecular formula is C21H27N7O5S. The lowest BCUT2D eigenvalue weighted by molar-refractivity contribution is -0.140. The minimum absolute atomic E-state index is 0.0262. The highest BCUT2D eigenvalue weighted by Crippen LogP contribution is 2.30. The van der Waals surface area contributed by atoms with E-state index in [2.05, 4.69) is 20.8 Å². The van der Waals surface area contributed by atoms with Gasteiger partial charge in [-0.25, -0.2) is 17.9 Å². The van der Waals surface area contributed by atoms with Gasteiger partial charge in [0.15, 0.2) is 9.84 Å². The van der Waals surface area contributed by atoms with Gasteiger partial charge in [-0.05, 0) is 47.4 Å². The van der Waals surface area contributed by atoms with Crippen LogP contribution in [0.4, 0.5) is 4.79 Å². The van der Waals surface area contributed by atoms with E-state index in [9.17, 15) is 22.8 Å². The fraction of sp³-hybridized carbons (Fsp3) is 0.524. The Kier molecular flexibility index (Phi) is 6.14. The van der Waals surface area contributed by atoms with E-state index in [0.717, 1.165) is 4.90 Å². The Labute approximate surface area is 197 Å². The number of tetrazole rings is 1. The molecule has 1 N–H and O–H groups in total. The summed E-state index contributed by atoms with van der Waals surface area (Å²) in [6.45, 7) is 5.30. The smallest absolute Gasteiger partial charge is 0.325 e. The van der Waals surface area contributed by atoms with Crippen molar-refractivity contribution < 1.29 is 22.8 Å². The number of amides is 4. The summed E-state index contributed by atoms with van der Waals surface area (Å²) in [6, 6.07) is 5.72. The quantitative estimate of drug-likeness (QED) is 0.539. The molecule has 2 saturated heterocycles. The topological polar surface area (TPSA) is 147 Å². The van der Waals surface area contributed by atoms with Gasteiger partial charge in [0.05, 0.1) is 17.2 Å². The van der Waals surface area contributed by atoms with Crippen LogP contribution in [0.3, 0.4) is 0 Å². The SMILES string of the molecule is CC(C)CN(C(=O)CN1C(=O)N[C@@](C)(c2cccc(-n3cnnn3)c2)C1=O)[C@H]1CCS(=O)(=O)C1. The van der Waals surface area contributed by atoms with Crippen molar-refractivity contribution in [3.63, 3.8) is 0 Å². The Balaban J connectivity index is 1.55. The summed E-state index contributed by atoms with van der Waals surface area (Å²) in [6.07, 6.45) is 1.76. The van der Waals surface area contributed by atoms with Crippen LogP contribution < -0.4 is 5.32 Å². The third-order valence-electron chi connectivity index (χ3n) is 6.14. The average molecular weight is 490 g/mol. The van der Waals surface area contributed by atoms with E-state index in [1.54, 1.807) is 31.2 Å². The van der Waals surface area contributed by atoms with Crippen molar-refractivity contribution in [1.82, 2.24) is 35.3 Å². The van der Waals surface area contributed by atoms with Crippen LogP contribution in [0, 0.1) is 5.92 Å². The molecule has 1 aromatic heterocycles. The van der Waals surface area contributed by atoms with E-state index in [0.29, 0.717) is 24.2 Å². The fourth-order valence-corrected chi connectivity index (χ4v) is 6.10. The minimum atomic E-state index is -3.21. The van der Waals surface area contributed by atoms with Crippen molar-refractivity contribution in [3.8, 4) is 5.69 Å². The molecule has 2 aliphatic heterocycles. The first kappa shape index (κ1) is 23.8. The van der Waals surface area contributed by atoms with Crippen LogP contribution in [0.25, 0.3) is 5.69 Å². The number of carbonyl (C=O) groups is 3. The normalized spacial score (nSPS) is 24.0. The summed E-state index contributed by atoms with van der Waals surface area (Å²) < 4.78 is 25.4. The molecule has 0 aliphatic carbocycles. The second kappa shape index (κ2) is 8.78. The molecular weight excluding hydrogens is 462 g/mol. The molecule has 4 amide bonds. The standard InChI is InChI=1S/C21H27N7O5S/c1-14(2)10-26(17-7-8-34(32,33)12-17)18(29)11-27-19(30)21(3,23-20(27)31)15-5-4-6-16(9-15)28-13-22-24-25-28/h4-6,9,13-14,17H,7-8,10-12H2,1-3H3,(H,23,31)/t17-,21-/m0/s1. The fourth-order valence-electron chi connectivity index (χ4n) is 4.37. The maximum atomic E-state index is 13.4. The molecule has 34 heavy (non-hydrogen) atoms. The first-order chi connectivity index (χ1) is 16.0. The van der Waals surface area contributed by atoms with Gasteiger partial charge in [0, 0.05) is 12.6 Å². The second-order valence-electron chi connectivity index (χ2n) is 9.25. The number of aromatic nitrogens is 4. The number of rotatable bonds is 7. The summed E-state index contributed by atoms with van der Waals surface area (Å²) in [7, 11) is -3.21. The zero-order chi connectivity index (χ0) is 24.7. The van der Waals surface area contributed by atoms with E-state index in [4.69, 9.17) is 0 Å². The van der Waals surface area contributed by atoms with Crippen LogP contribution >= 0.6 is 0 Å². The third-order valence-corrected chi connectivity index (χ3v) is 7.89. The van der Waals surface area contributed by atoms with E-state index in [-0.39, 0.29) is 17.4 Å². The number of imide groups is 1. The summed E-state index contributed by atoms with van der Waals surface area (Å²) in [5, 5.41) is 13.7. The predicted octanol–water partition coefficient (Wildman–Crippen LogP) is 0.101. The van der Waals surface area contributed by atoms with Gasteiger partial charge in [-0.15, -0.1) is 5.10 Å². The average Bonchev–Trinajstić information content (AvgIpc) is 3.48. The molecule has 3 heterocycles. The minimum Gasteiger partial charge on any atom is -0.337 e. The summed E-state index contributed by atoms with van der Waals surface area (Å²) in [5.74, 6) is -1.00. The molecule has 2 aromatic rings. The van der Waals surface area contributed by atoms with Crippen molar-refractivity contribution in [2.45, 2.75) is 38.8 Å². The summed E-state index contributed by atoms with van der Waals surface area (Å²) in [5.41, 5.74) is -0.276. The molecule has 2 atom stereocenters. The van der Waals surface area contributed by atoms with E-state index < -0.39 is 45.8 Å². The van der Waals surface area contributed by atoms with Crippen molar-refractivity contribution in [1.29, 1.82) is 0 Å². The highest BCUT2D eigenvalue weighted by molar-refractivity contribution is 7.91. The van der Waals surface area contributed by atoms with Crippen molar-refractivity contribution in [2.75, 3.05) is 24.6 Å². The van der Waals surface area contributed by atoms with Crippen LogP contribution in [0.5, 0.6) is 0 Å². The molecule has 0 spiro atoms. The summed E-state index contributed by atoms with van der Waals surface area (Å²) in [4.78, 5) is 41.8. The Morgan fingerprint density at radius 3 is 2.71 bits per heavy atom. The van der Waals surface area contributed by atoms with Crippen LogP contribution in [0.15, 0.2) is 30.6 Å². The number of hydrogen-bond acceptors (Lipinski definition) is 8. The first-order valence-corrected chi connectivity index (χ1v) is 12.8. The molecule has 0 saturated carbocycles. The van der Waals surface area contributed by atoms with E-state index >= 15 is 0 Å². The number of carbonyl (C=O) groups excluding carboxylic acids is 3. The van der Waals surface area contributed by atoms with E-state index in [1.807, 2.05) is 13.8 Å². The van der Waals surface area contributed by atoms with Crippen molar-refractivity contribution >= 4 is 27.7 Å². The van der Waals surface area contributed by atoms with Crippen LogP contribution in [0.1, 0.15) is 32.8 Å². The Bertz CT molecular complexity index is 1210. The lowest BCUT2D eigenvalue weighted by Gasteiger charge is -2.31. The third kappa shape index (κ3) is 4.52. The molecule has 2 fully saturated rings. The van der Waals surface area contributed by atoms with Gasteiger partial charge >= 0.3 is 6.03 Å². The second-order valence-corrected chi connectivity index (χ2v) is 11.5. The Morgan fingerprint density at radius 1 is 1.32 bits per heavy atom.